The van der Waals surface area contributed by atoms with Gasteiger partial charge in [-0.2, -0.15) is 0 Å². The summed E-state index contributed by atoms with van der Waals surface area (Å²) >= 11 is 0. The zero-order valence-corrected chi connectivity index (χ0v) is 12.6. The van der Waals surface area contributed by atoms with E-state index in [4.69, 9.17) is 4.74 Å². The molecule has 0 saturated heterocycles. The monoisotopic (exact) mass is 291 g/mol. The average molecular weight is 291 g/mol. The van der Waals surface area contributed by atoms with Crippen molar-refractivity contribution < 1.29 is 9.13 Å². The lowest BCUT2D eigenvalue weighted by atomic mass is 10.2. The lowest BCUT2D eigenvalue weighted by molar-refractivity contribution is 0.199. The van der Waals surface area contributed by atoms with Crippen molar-refractivity contribution >= 4 is 0 Å². The maximum Gasteiger partial charge on any atom is 0.147 e. The molecule has 0 saturated carbocycles. The fraction of sp³-hybridized carbons (Fsp3) is 0.438. The van der Waals surface area contributed by atoms with Gasteiger partial charge in [0, 0.05) is 39.0 Å². The Hall–Kier alpha value is -1.72. The Morgan fingerprint density at radius 1 is 1.38 bits per heavy atom. The van der Waals surface area contributed by atoms with Crippen molar-refractivity contribution in [2.45, 2.75) is 26.3 Å². The highest BCUT2D eigenvalue weighted by Crippen LogP contribution is 2.17. The van der Waals surface area contributed by atoms with Gasteiger partial charge in [0.25, 0.3) is 0 Å². The van der Waals surface area contributed by atoms with Crippen LogP contribution in [0.3, 0.4) is 0 Å². The van der Waals surface area contributed by atoms with Crippen molar-refractivity contribution in [2.24, 2.45) is 0 Å². The van der Waals surface area contributed by atoms with E-state index in [0.717, 1.165) is 30.8 Å². The zero-order valence-electron chi connectivity index (χ0n) is 12.6. The van der Waals surface area contributed by atoms with Crippen molar-refractivity contribution in [3.8, 4) is 5.69 Å². The lowest BCUT2D eigenvalue weighted by Crippen LogP contribution is -2.18. The van der Waals surface area contributed by atoms with Gasteiger partial charge in [0.1, 0.15) is 11.6 Å². The van der Waals surface area contributed by atoms with Gasteiger partial charge in [-0.1, -0.05) is 13.0 Å². The van der Waals surface area contributed by atoms with Gasteiger partial charge in [0.2, 0.25) is 0 Å². The number of hydrogen-bond donors (Lipinski definition) is 1. The minimum Gasteiger partial charge on any atom is -0.383 e. The fourth-order valence-corrected chi connectivity index (χ4v) is 2.22. The number of ether oxygens (including phenoxy) is 1. The predicted octanol–water partition coefficient (Wildman–Crippen LogP) is 2.70. The SMILES string of the molecule is CCCc1nccn1-c1ccc(CNCCOC)cc1F. The third-order valence-corrected chi connectivity index (χ3v) is 3.27. The largest absolute Gasteiger partial charge is 0.383 e. The summed E-state index contributed by atoms with van der Waals surface area (Å²) in [5, 5.41) is 3.20. The second-order valence-corrected chi connectivity index (χ2v) is 4.92. The smallest absolute Gasteiger partial charge is 0.147 e. The molecule has 1 aromatic heterocycles. The van der Waals surface area contributed by atoms with E-state index in [1.807, 2.05) is 16.7 Å². The second kappa shape index (κ2) is 7.90. The Bertz CT molecular complexity index is 568. The molecule has 1 heterocycles. The normalized spacial score (nSPS) is 11.0. The van der Waals surface area contributed by atoms with E-state index in [1.54, 1.807) is 25.6 Å². The van der Waals surface area contributed by atoms with Crippen molar-refractivity contribution in [2.75, 3.05) is 20.3 Å². The van der Waals surface area contributed by atoms with Crippen LogP contribution in [0.4, 0.5) is 4.39 Å². The molecule has 0 fully saturated rings. The summed E-state index contributed by atoms with van der Waals surface area (Å²) in [5.41, 5.74) is 1.47. The summed E-state index contributed by atoms with van der Waals surface area (Å²) in [6, 6.07) is 5.32. The number of imidazole rings is 1. The summed E-state index contributed by atoms with van der Waals surface area (Å²) in [4.78, 5) is 4.29. The molecule has 2 rings (SSSR count). The molecule has 5 heteroatoms. The van der Waals surface area contributed by atoms with Gasteiger partial charge in [-0.25, -0.2) is 9.37 Å². The first-order valence-corrected chi connectivity index (χ1v) is 7.27. The first-order valence-electron chi connectivity index (χ1n) is 7.27. The van der Waals surface area contributed by atoms with E-state index in [2.05, 4.69) is 17.2 Å². The molecule has 0 aliphatic carbocycles. The van der Waals surface area contributed by atoms with E-state index < -0.39 is 0 Å². The molecular weight excluding hydrogens is 269 g/mol. The molecule has 0 atom stereocenters. The number of rotatable bonds is 8. The summed E-state index contributed by atoms with van der Waals surface area (Å²) in [5.74, 6) is 0.666. The average Bonchev–Trinajstić information content (AvgIpc) is 2.92. The van der Waals surface area contributed by atoms with Gasteiger partial charge in [-0.05, 0) is 24.1 Å². The number of nitrogens with one attached hydrogen (secondary N) is 1. The van der Waals surface area contributed by atoms with Crippen LogP contribution in [0.25, 0.3) is 5.69 Å². The lowest BCUT2D eigenvalue weighted by Gasteiger charge is -2.10. The van der Waals surface area contributed by atoms with Gasteiger partial charge < -0.3 is 14.6 Å². The van der Waals surface area contributed by atoms with E-state index >= 15 is 0 Å². The second-order valence-electron chi connectivity index (χ2n) is 4.92. The van der Waals surface area contributed by atoms with Crippen LogP contribution in [0, 0.1) is 5.82 Å². The molecule has 2 aromatic rings. The van der Waals surface area contributed by atoms with Crippen molar-refractivity contribution in [1.29, 1.82) is 0 Å². The Labute approximate surface area is 125 Å². The topological polar surface area (TPSA) is 39.1 Å². The standard InChI is InChI=1S/C16H22FN3O/c1-3-4-16-19-7-9-20(16)15-6-5-13(11-14(15)17)12-18-8-10-21-2/h5-7,9,11,18H,3-4,8,10,12H2,1-2H3. The summed E-state index contributed by atoms with van der Waals surface area (Å²) in [7, 11) is 1.66. The van der Waals surface area contributed by atoms with Crippen LogP contribution in [0.5, 0.6) is 0 Å². The number of nitrogens with zero attached hydrogens (tertiary/aromatic N) is 2. The molecule has 114 valence electrons. The Morgan fingerprint density at radius 3 is 2.95 bits per heavy atom. The minimum absolute atomic E-state index is 0.226. The Morgan fingerprint density at radius 2 is 2.24 bits per heavy atom. The Balaban J connectivity index is 2.10. The highest BCUT2D eigenvalue weighted by Gasteiger charge is 2.09. The minimum atomic E-state index is -0.226. The molecule has 0 aliphatic rings. The highest BCUT2D eigenvalue weighted by molar-refractivity contribution is 5.37. The number of aromatic nitrogens is 2. The first kappa shape index (κ1) is 15.7. The van der Waals surface area contributed by atoms with Crippen LogP contribution < -0.4 is 5.32 Å². The zero-order chi connectivity index (χ0) is 15.1. The molecule has 0 radical (unpaired) electrons. The molecule has 0 bridgehead atoms. The third kappa shape index (κ3) is 4.12. The molecule has 1 N–H and O–H groups in total. The van der Waals surface area contributed by atoms with Crippen LogP contribution in [0.15, 0.2) is 30.6 Å². The van der Waals surface area contributed by atoms with E-state index in [1.165, 1.54) is 0 Å². The summed E-state index contributed by atoms with van der Waals surface area (Å²) in [6.07, 6.45) is 5.34. The summed E-state index contributed by atoms with van der Waals surface area (Å²) in [6.45, 7) is 4.12. The van der Waals surface area contributed by atoms with Gasteiger partial charge in [-0.3, -0.25) is 0 Å². The van der Waals surface area contributed by atoms with Crippen molar-refractivity contribution in [3.63, 3.8) is 0 Å². The number of halogens is 1. The van der Waals surface area contributed by atoms with Crippen molar-refractivity contribution in [3.05, 3.63) is 47.8 Å². The number of aryl methyl sites for hydroxylation is 1. The van der Waals surface area contributed by atoms with E-state index in [-0.39, 0.29) is 5.82 Å². The van der Waals surface area contributed by atoms with Crippen molar-refractivity contribution in [1.82, 2.24) is 14.9 Å². The van der Waals surface area contributed by atoms with Crippen LogP contribution in [0.2, 0.25) is 0 Å². The number of hydrogen-bond acceptors (Lipinski definition) is 3. The molecular formula is C16H22FN3O. The fourth-order valence-electron chi connectivity index (χ4n) is 2.22. The van der Waals surface area contributed by atoms with Crippen LogP contribution in [-0.2, 0) is 17.7 Å². The first-order chi connectivity index (χ1) is 10.3. The molecule has 1 aromatic carbocycles. The maximum absolute atomic E-state index is 14.3. The number of benzene rings is 1. The van der Waals surface area contributed by atoms with Crippen LogP contribution in [0.1, 0.15) is 24.7 Å². The third-order valence-electron chi connectivity index (χ3n) is 3.27. The van der Waals surface area contributed by atoms with Gasteiger partial charge >= 0.3 is 0 Å². The number of methoxy groups -OCH3 is 1. The van der Waals surface area contributed by atoms with Gasteiger partial charge in [-0.15, -0.1) is 0 Å². The molecule has 21 heavy (non-hydrogen) atoms. The van der Waals surface area contributed by atoms with Gasteiger partial charge in [0.15, 0.2) is 0 Å². The predicted molar refractivity (Wildman–Crippen MR) is 81.1 cm³/mol. The van der Waals surface area contributed by atoms with E-state index in [0.29, 0.717) is 18.8 Å². The maximum atomic E-state index is 14.3. The van der Waals surface area contributed by atoms with Gasteiger partial charge in [0.05, 0.1) is 12.3 Å². The Kier molecular flexibility index (Phi) is 5.90. The quantitative estimate of drug-likeness (QED) is 0.760. The van der Waals surface area contributed by atoms with Crippen LogP contribution >= 0.6 is 0 Å². The van der Waals surface area contributed by atoms with Crippen LogP contribution in [-0.4, -0.2) is 29.8 Å². The summed E-state index contributed by atoms with van der Waals surface area (Å²) < 4.78 is 21.1. The van der Waals surface area contributed by atoms with E-state index in [9.17, 15) is 4.39 Å². The molecule has 0 unspecified atom stereocenters. The highest BCUT2D eigenvalue weighted by atomic mass is 19.1. The molecule has 0 spiro atoms. The molecule has 4 nitrogen and oxygen atoms in total. The molecule has 0 aliphatic heterocycles. The molecule has 0 amide bonds.